The van der Waals surface area contributed by atoms with E-state index in [2.05, 4.69) is 20.6 Å². The van der Waals surface area contributed by atoms with E-state index in [0.717, 1.165) is 35.0 Å². The first kappa shape index (κ1) is 14.0. The van der Waals surface area contributed by atoms with Crippen molar-refractivity contribution in [3.8, 4) is 0 Å². The summed E-state index contributed by atoms with van der Waals surface area (Å²) in [5, 5.41) is 15.4. The maximum atomic E-state index is 12.7. The zero-order valence-corrected chi connectivity index (χ0v) is 13.0. The maximum absolute atomic E-state index is 12.7. The second kappa shape index (κ2) is 5.53. The Morgan fingerprint density at radius 3 is 2.96 bits per heavy atom. The van der Waals surface area contributed by atoms with E-state index in [1.54, 1.807) is 18.5 Å². The van der Waals surface area contributed by atoms with Crippen LogP contribution in [0.25, 0.3) is 10.9 Å². The van der Waals surface area contributed by atoms with Crippen LogP contribution in [-0.4, -0.2) is 25.9 Å². The number of H-pyrrole nitrogens is 1. The van der Waals surface area contributed by atoms with E-state index < -0.39 is 0 Å². The van der Waals surface area contributed by atoms with Crippen LogP contribution in [0.2, 0.25) is 0 Å². The number of nitrogens with one attached hydrogen (secondary N) is 2. The Kier molecular flexibility index (Phi) is 3.37. The van der Waals surface area contributed by atoms with Crippen molar-refractivity contribution in [2.75, 3.05) is 5.32 Å². The number of benzene rings is 1. The first-order valence-corrected chi connectivity index (χ1v) is 8.01. The molecule has 2 aromatic heterocycles. The van der Waals surface area contributed by atoms with Gasteiger partial charge in [0.15, 0.2) is 0 Å². The van der Waals surface area contributed by atoms with Crippen LogP contribution in [0, 0.1) is 6.92 Å². The van der Waals surface area contributed by atoms with Crippen molar-refractivity contribution in [2.24, 2.45) is 0 Å². The molecule has 0 spiro atoms. The number of aromatic amines is 1. The lowest BCUT2D eigenvalue weighted by molar-refractivity contribution is 0.101. The van der Waals surface area contributed by atoms with Gasteiger partial charge in [0.25, 0.3) is 5.91 Å². The van der Waals surface area contributed by atoms with Crippen LogP contribution in [0.4, 0.5) is 5.69 Å². The van der Waals surface area contributed by atoms with Crippen molar-refractivity contribution in [3.05, 3.63) is 41.9 Å². The minimum atomic E-state index is -0.130. The standard InChI is InChI=1S/C17H19N5O/c1-11-6-7-14(16-13(11)10-18-21-16)20-17(23)15-8-9-19-22(15)12-4-2-3-5-12/h6-10,12H,2-5H2,1H3,(H,18,21)(H,20,23). The van der Waals surface area contributed by atoms with Gasteiger partial charge in [0.2, 0.25) is 0 Å². The van der Waals surface area contributed by atoms with Crippen molar-refractivity contribution in [1.82, 2.24) is 20.0 Å². The fraction of sp³-hybridized carbons (Fsp3) is 0.353. The second-order valence-corrected chi connectivity index (χ2v) is 6.14. The molecule has 2 heterocycles. The van der Waals surface area contributed by atoms with Crippen molar-refractivity contribution in [1.29, 1.82) is 0 Å². The number of hydrogen-bond acceptors (Lipinski definition) is 3. The number of aryl methyl sites for hydroxylation is 1. The Labute approximate surface area is 133 Å². The fourth-order valence-corrected chi connectivity index (χ4v) is 3.40. The number of amides is 1. The minimum absolute atomic E-state index is 0.130. The van der Waals surface area contributed by atoms with E-state index >= 15 is 0 Å². The third-order valence-electron chi connectivity index (χ3n) is 4.66. The van der Waals surface area contributed by atoms with E-state index in [9.17, 15) is 4.79 Å². The highest BCUT2D eigenvalue weighted by atomic mass is 16.2. The van der Waals surface area contributed by atoms with Crippen LogP contribution in [0.1, 0.15) is 47.8 Å². The SMILES string of the molecule is Cc1ccc(NC(=O)c2ccnn2C2CCCC2)c2[nH]ncc12. The smallest absolute Gasteiger partial charge is 0.274 e. The molecular weight excluding hydrogens is 290 g/mol. The molecule has 6 nitrogen and oxygen atoms in total. The zero-order valence-electron chi connectivity index (χ0n) is 13.0. The molecule has 23 heavy (non-hydrogen) atoms. The molecule has 0 saturated heterocycles. The van der Waals surface area contributed by atoms with Gasteiger partial charge in [-0.1, -0.05) is 18.9 Å². The first-order valence-electron chi connectivity index (χ1n) is 8.01. The van der Waals surface area contributed by atoms with Gasteiger partial charge in [0.05, 0.1) is 23.4 Å². The number of aromatic nitrogens is 4. The minimum Gasteiger partial charge on any atom is -0.319 e. The molecule has 1 aliphatic rings. The van der Waals surface area contributed by atoms with Crippen molar-refractivity contribution in [2.45, 2.75) is 38.6 Å². The molecule has 1 amide bonds. The summed E-state index contributed by atoms with van der Waals surface area (Å²) >= 11 is 0. The molecule has 0 unspecified atom stereocenters. The quantitative estimate of drug-likeness (QED) is 0.778. The summed E-state index contributed by atoms with van der Waals surface area (Å²) < 4.78 is 1.88. The Bertz CT molecular complexity index is 857. The Morgan fingerprint density at radius 1 is 1.30 bits per heavy atom. The molecule has 118 valence electrons. The fourth-order valence-electron chi connectivity index (χ4n) is 3.40. The average Bonchev–Trinajstić information content (AvgIpc) is 3.30. The monoisotopic (exact) mass is 309 g/mol. The van der Waals surface area contributed by atoms with E-state index in [-0.39, 0.29) is 5.91 Å². The molecular formula is C17H19N5O. The molecule has 1 aromatic carbocycles. The predicted molar refractivity (Wildman–Crippen MR) is 88.5 cm³/mol. The summed E-state index contributed by atoms with van der Waals surface area (Å²) in [5.74, 6) is -0.130. The summed E-state index contributed by atoms with van der Waals surface area (Å²) in [5.41, 5.74) is 3.34. The molecule has 0 radical (unpaired) electrons. The molecule has 4 rings (SSSR count). The van der Waals surface area contributed by atoms with Gasteiger partial charge in [-0.15, -0.1) is 0 Å². The van der Waals surface area contributed by atoms with Gasteiger partial charge >= 0.3 is 0 Å². The van der Waals surface area contributed by atoms with Crippen LogP contribution in [-0.2, 0) is 0 Å². The van der Waals surface area contributed by atoms with E-state index in [1.807, 2.05) is 23.7 Å². The summed E-state index contributed by atoms with van der Waals surface area (Å²) in [6, 6.07) is 6.02. The molecule has 1 saturated carbocycles. The number of carbonyl (C=O) groups is 1. The third kappa shape index (κ3) is 2.40. The summed E-state index contributed by atoms with van der Waals surface area (Å²) in [6.45, 7) is 2.03. The van der Waals surface area contributed by atoms with Gasteiger partial charge in [-0.2, -0.15) is 10.2 Å². The highest BCUT2D eigenvalue weighted by Gasteiger charge is 2.23. The number of hydrogen-bond donors (Lipinski definition) is 2. The van der Waals surface area contributed by atoms with E-state index in [1.165, 1.54) is 12.8 Å². The molecule has 0 aliphatic heterocycles. The van der Waals surface area contributed by atoms with Crippen LogP contribution in [0.15, 0.2) is 30.6 Å². The number of anilines is 1. The Hall–Kier alpha value is -2.63. The average molecular weight is 309 g/mol. The van der Waals surface area contributed by atoms with E-state index in [4.69, 9.17) is 0 Å². The largest absolute Gasteiger partial charge is 0.319 e. The lowest BCUT2D eigenvalue weighted by atomic mass is 10.1. The van der Waals surface area contributed by atoms with Gasteiger partial charge in [-0.3, -0.25) is 14.6 Å². The Balaban J connectivity index is 1.64. The third-order valence-corrected chi connectivity index (χ3v) is 4.66. The van der Waals surface area contributed by atoms with Crippen LogP contribution in [0.3, 0.4) is 0 Å². The van der Waals surface area contributed by atoms with Gasteiger partial charge in [-0.05, 0) is 37.5 Å². The van der Waals surface area contributed by atoms with Crippen LogP contribution in [0.5, 0.6) is 0 Å². The lowest BCUT2D eigenvalue weighted by Crippen LogP contribution is -2.20. The number of rotatable bonds is 3. The molecule has 0 bridgehead atoms. The van der Waals surface area contributed by atoms with Gasteiger partial charge < -0.3 is 5.32 Å². The summed E-state index contributed by atoms with van der Waals surface area (Å²) in [4.78, 5) is 12.7. The Morgan fingerprint density at radius 2 is 2.13 bits per heavy atom. The highest BCUT2D eigenvalue weighted by molar-refractivity contribution is 6.07. The molecule has 0 atom stereocenters. The topological polar surface area (TPSA) is 75.6 Å². The lowest BCUT2D eigenvalue weighted by Gasteiger charge is -2.14. The molecule has 1 aliphatic carbocycles. The molecule has 3 aromatic rings. The van der Waals surface area contributed by atoms with E-state index in [0.29, 0.717) is 11.7 Å². The highest BCUT2D eigenvalue weighted by Crippen LogP contribution is 2.30. The summed E-state index contributed by atoms with van der Waals surface area (Å²) in [6.07, 6.45) is 8.09. The number of carbonyl (C=O) groups excluding carboxylic acids is 1. The molecule has 1 fully saturated rings. The zero-order chi connectivity index (χ0) is 15.8. The van der Waals surface area contributed by atoms with Gasteiger partial charge in [0.1, 0.15) is 5.69 Å². The number of nitrogens with zero attached hydrogens (tertiary/aromatic N) is 3. The van der Waals surface area contributed by atoms with Crippen molar-refractivity contribution < 1.29 is 4.79 Å². The van der Waals surface area contributed by atoms with Crippen LogP contribution >= 0.6 is 0 Å². The number of fused-ring (bicyclic) bond motifs is 1. The van der Waals surface area contributed by atoms with Gasteiger partial charge in [-0.25, -0.2) is 0 Å². The van der Waals surface area contributed by atoms with Crippen molar-refractivity contribution >= 4 is 22.5 Å². The van der Waals surface area contributed by atoms with Crippen LogP contribution < -0.4 is 5.32 Å². The second-order valence-electron chi connectivity index (χ2n) is 6.14. The molecule has 2 N–H and O–H groups in total. The van der Waals surface area contributed by atoms with Gasteiger partial charge in [0, 0.05) is 11.6 Å². The maximum Gasteiger partial charge on any atom is 0.274 e. The normalized spacial score (nSPS) is 15.3. The van der Waals surface area contributed by atoms with Crippen molar-refractivity contribution in [3.63, 3.8) is 0 Å². The summed E-state index contributed by atoms with van der Waals surface area (Å²) in [7, 11) is 0. The molecule has 6 heteroatoms. The predicted octanol–water partition coefficient (Wildman–Crippen LogP) is 3.44. The first-order chi connectivity index (χ1) is 11.2.